The Labute approximate surface area is 235 Å². The number of carbonyl (C=O) groups is 6. The zero-order chi connectivity index (χ0) is 29.2. The average Bonchev–Trinajstić information content (AvgIpc) is 3.03. The fourth-order valence-corrected chi connectivity index (χ4v) is 3.67. The number of imide groups is 2. The third kappa shape index (κ3) is 7.15. The van der Waals surface area contributed by atoms with Crippen molar-refractivity contribution in [3.05, 3.63) is 144 Å². The van der Waals surface area contributed by atoms with E-state index in [4.69, 9.17) is 0 Å². The average molecular weight is 549 g/mol. The molecule has 6 amide bonds. The molecule has 2 N–H and O–H groups in total. The van der Waals surface area contributed by atoms with Gasteiger partial charge in [-0.1, -0.05) is 72.8 Å². The molecule has 0 aliphatic rings. The number of nitrogens with zero attached hydrogens (tertiary/aromatic N) is 2. The third-order valence-corrected chi connectivity index (χ3v) is 5.75. The van der Waals surface area contributed by atoms with Gasteiger partial charge in [-0.3, -0.25) is 39.6 Å². The second-order valence-electron chi connectivity index (χ2n) is 8.59. The lowest BCUT2D eigenvalue weighted by Gasteiger charge is -2.24. The van der Waals surface area contributed by atoms with Crippen LogP contribution in [0.15, 0.2) is 121 Å². The molecular formula is C31H24N4O6. The molecular weight excluding hydrogens is 524 g/mol. The lowest BCUT2D eigenvalue weighted by Crippen LogP contribution is -2.54. The first-order valence-electron chi connectivity index (χ1n) is 12.4. The van der Waals surface area contributed by atoms with Crippen molar-refractivity contribution < 1.29 is 28.8 Å². The molecule has 10 heteroatoms. The number of amides is 6. The zero-order valence-corrected chi connectivity index (χ0v) is 21.6. The maximum Gasteiger partial charge on any atom is 0.279 e. The van der Waals surface area contributed by atoms with Crippen LogP contribution in [0, 0.1) is 0 Å². The van der Waals surface area contributed by atoms with Crippen molar-refractivity contribution in [1.29, 1.82) is 0 Å². The second-order valence-corrected chi connectivity index (χ2v) is 8.59. The van der Waals surface area contributed by atoms with Gasteiger partial charge in [0.05, 0.1) is 0 Å². The van der Waals surface area contributed by atoms with Crippen molar-refractivity contribution in [2.24, 2.45) is 0 Å². The Morgan fingerprint density at radius 2 is 0.683 bits per heavy atom. The van der Waals surface area contributed by atoms with Gasteiger partial charge in [-0.15, -0.1) is 0 Å². The SMILES string of the molecule is O=C(NN(C(=O)CC(=O)N(NC(=O)c1ccccc1)C(=O)c1ccccc1)C(=O)c1ccccc1)c1ccccc1. The van der Waals surface area contributed by atoms with Crippen LogP contribution in [0.5, 0.6) is 0 Å². The summed E-state index contributed by atoms with van der Waals surface area (Å²) in [5.74, 6) is -5.61. The molecule has 4 aromatic carbocycles. The van der Waals surface area contributed by atoms with E-state index in [1.807, 2.05) is 0 Å². The van der Waals surface area contributed by atoms with Crippen LogP contribution in [-0.2, 0) is 9.59 Å². The van der Waals surface area contributed by atoms with Gasteiger partial charge in [-0.25, -0.2) is 0 Å². The molecule has 0 radical (unpaired) electrons. The monoisotopic (exact) mass is 548 g/mol. The van der Waals surface area contributed by atoms with Gasteiger partial charge >= 0.3 is 0 Å². The minimum Gasteiger partial charge on any atom is -0.272 e. The molecule has 0 bridgehead atoms. The highest BCUT2D eigenvalue weighted by Gasteiger charge is 2.32. The maximum atomic E-state index is 13.4. The molecule has 0 heterocycles. The summed E-state index contributed by atoms with van der Waals surface area (Å²) in [6, 6.07) is 31.1. The lowest BCUT2D eigenvalue weighted by molar-refractivity contribution is -0.139. The van der Waals surface area contributed by atoms with Gasteiger partial charge < -0.3 is 0 Å². The maximum absolute atomic E-state index is 13.4. The number of rotatable bonds is 6. The summed E-state index contributed by atoms with van der Waals surface area (Å²) < 4.78 is 0. The quantitative estimate of drug-likeness (QED) is 0.280. The van der Waals surface area contributed by atoms with Crippen molar-refractivity contribution in [2.75, 3.05) is 0 Å². The van der Waals surface area contributed by atoms with E-state index in [9.17, 15) is 28.8 Å². The van der Waals surface area contributed by atoms with Crippen molar-refractivity contribution >= 4 is 35.4 Å². The first kappa shape index (κ1) is 28.1. The van der Waals surface area contributed by atoms with E-state index < -0.39 is 41.9 Å². The summed E-state index contributed by atoms with van der Waals surface area (Å²) in [5.41, 5.74) is 4.96. The van der Waals surface area contributed by atoms with Gasteiger partial charge in [0.15, 0.2) is 0 Å². The first-order chi connectivity index (χ1) is 19.8. The molecule has 0 saturated carbocycles. The minimum absolute atomic E-state index is 0.0660. The molecule has 0 aliphatic heterocycles. The predicted octanol–water partition coefficient (Wildman–Crippen LogP) is 3.40. The number of hydrazine groups is 2. The summed E-state index contributed by atoms with van der Waals surface area (Å²) in [4.78, 5) is 78.9. The summed E-state index contributed by atoms with van der Waals surface area (Å²) in [6.07, 6.45) is -1.04. The topological polar surface area (TPSA) is 133 Å². The first-order valence-corrected chi connectivity index (χ1v) is 12.4. The fourth-order valence-electron chi connectivity index (χ4n) is 3.67. The third-order valence-electron chi connectivity index (χ3n) is 5.75. The minimum atomic E-state index is -1.13. The number of hydrogen-bond donors (Lipinski definition) is 2. The standard InChI is InChI=1S/C31H24N4O6/c36-26(34(30(40)24-17-9-3-10-18-24)32-28(38)22-13-5-1-6-14-22)21-27(37)35(31(41)25-19-11-4-12-20-25)33-29(39)23-15-7-2-8-16-23/h1-20H,21H2,(H,32,38)(H,33,39). The number of hydrogen-bond acceptors (Lipinski definition) is 6. The Balaban J connectivity index is 1.61. The molecule has 0 unspecified atom stereocenters. The second kappa shape index (κ2) is 13.3. The highest BCUT2D eigenvalue weighted by molar-refractivity contribution is 6.14. The van der Waals surface area contributed by atoms with Gasteiger partial charge in [0.2, 0.25) is 0 Å². The molecule has 10 nitrogen and oxygen atoms in total. The largest absolute Gasteiger partial charge is 0.279 e. The van der Waals surface area contributed by atoms with Crippen molar-refractivity contribution in [3.63, 3.8) is 0 Å². The van der Waals surface area contributed by atoms with Gasteiger partial charge in [-0.2, -0.15) is 10.0 Å². The number of nitrogens with one attached hydrogen (secondary N) is 2. The van der Waals surface area contributed by atoms with Crippen molar-refractivity contribution in [1.82, 2.24) is 20.9 Å². The van der Waals surface area contributed by atoms with Crippen molar-refractivity contribution in [3.8, 4) is 0 Å². The van der Waals surface area contributed by atoms with Crippen LogP contribution in [0.1, 0.15) is 47.9 Å². The van der Waals surface area contributed by atoms with Crippen LogP contribution in [0.3, 0.4) is 0 Å². The van der Waals surface area contributed by atoms with E-state index >= 15 is 0 Å². The molecule has 0 spiro atoms. The molecule has 0 aromatic heterocycles. The predicted molar refractivity (Wildman–Crippen MR) is 148 cm³/mol. The Hall–Kier alpha value is -5.90. The molecule has 4 rings (SSSR count). The smallest absolute Gasteiger partial charge is 0.272 e. The molecule has 0 saturated heterocycles. The van der Waals surface area contributed by atoms with Crippen LogP contribution in [0.4, 0.5) is 0 Å². The van der Waals surface area contributed by atoms with Gasteiger partial charge in [0.1, 0.15) is 6.42 Å². The van der Waals surface area contributed by atoms with Gasteiger partial charge in [0.25, 0.3) is 35.4 Å². The molecule has 204 valence electrons. The van der Waals surface area contributed by atoms with E-state index in [1.165, 1.54) is 48.5 Å². The summed E-state index contributed by atoms with van der Waals surface area (Å²) >= 11 is 0. The Morgan fingerprint density at radius 3 is 0.976 bits per heavy atom. The van der Waals surface area contributed by atoms with E-state index in [2.05, 4.69) is 10.9 Å². The van der Waals surface area contributed by atoms with Crippen LogP contribution in [0.2, 0.25) is 0 Å². The van der Waals surface area contributed by atoms with Crippen molar-refractivity contribution in [2.45, 2.75) is 6.42 Å². The summed E-state index contributed by atoms with van der Waals surface area (Å²) in [5, 5.41) is 0.847. The Morgan fingerprint density at radius 1 is 0.415 bits per heavy atom. The number of benzene rings is 4. The lowest BCUT2D eigenvalue weighted by atomic mass is 10.2. The Kier molecular flexibility index (Phi) is 9.09. The molecule has 0 aliphatic carbocycles. The van der Waals surface area contributed by atoms with E-state index in [-0.39, 0.29) is 22.3 Å². The summed E-state index contributed by atoms with van der Waals surface area (Å²) in [7, 11) is 0. The Bertz CT molecular complexity index is 1440. The molecule has 41 heavy (non-hydrogen) atoms. The van der Waals surface area contributed by atoms with Crippen LogP contribution < -0.4 is 10.9 Å². The molecule has 0 fully saturated rings. The molecule has 0 atom stereocenters. The zero-order valence-electron chi connectivity index (χ0n) is 21.6. The van der Waals surface area contributed by atoms with Crippen LogP contribution in [0.25, 0.3) is 0 Å². The van der Waals surface area contributed by atoms with E-state index in [1.54, 1.807) is 72.8 Å². The van der Waals surface area contributed by atoms with Crippen LogP contribution in [-0.4, -0.2) is 45.5 Å². The van der Waals surface area contributed by atoms with E-state index in [0.717, 1.165) is 0 Å². The van der Waals surface area contributed by atoms with Crippen LogP contribution >= 0.6 is 0 Å². The fraction of sp³-hybridized carbons (Fsp3) is 0.0323. The van der Waals surface area contributed by atoms with Gasteiger partial charge in [0, 0.05) is 22.3 Å². The molecule has 4 aromatic rings. The number of carbonyl (C=O) groups excluding carboxylic acids is 6. The summed E-state index contributed by atoms with van der Waals surface area (Å²) in [6.45, 7) is 0. The van der Waals surface area contributed by atoms with E-state index in [0.29, 0.717) is 10.0 Å². The highest BCUT2D eigenvalue weighted by atomic mass is 16.2. The highest BCUT2D eigenvalue weighted by Crippen LogP contribution is 2.10. The van der Waals surface area contributed by atoms with Gasteiger partial charge in [-0.05, 0) is 48.5 Å². The normalized spacial score (nSPS) is 10.1.